The fraction of sp³-hybridized carbons (Fsp3) is 0.167. The maximum absolute atomic E-state index is 12.7. The van der Waals surface area contributed by atoms with Gasteiger partial charge in [-0.3, -0.25) is 19.7 Å². The molecule has 1 amide bonds. The van der Waals surface area contributed by atoms with E-state index in [-0.39, 0.29) is 5.69 Å². The number of nitro benzene ring substituents is 1. The van der Waals surface area contributed by atoms with Crippen molar-refractivity contribution in [3.63, 3.8) is 0 Å². The van der Waals surface area contributed by atoms with Crippen LogP contribution in [0.4, 0.5) is 11.4 Å². The average molecular weight is 368 g/mol. The molecule has 1 aromatic carbocycles. The molecule has 9 heteroatoms. The number of nitrogens with zero attached hydrogens (tertiary/aromatic N) is 3. The third-order valence-corrected chi connectivity index (χ3v) is 4.00. The summed E-state index contributed by atoms with van der Waals surface area (Å²) in [6.07, 6.45) is 1.49. The van der Waals surface area contributed by atoms with E-state index < -0.39 is 21.9 Å². The van der Waals surface area contributed by atoms with Crippen molar-refractivity contribution in [3.05, 3.63) is 75.3 Å². The number of benzene rings is 1. The summed E-state index contributed by atoms with van der Waals surface area (Å²) in [5.74, 6) is -0.0297. The van der Waals surface area contributed by atoms with Gasteiger partial charge in [-0.1, -0.05) is 0 Å². The van der Waals surface area contributed by atoms with E-state index in [1.807, 2.05) is 0 Å². The number of carbonyl (C=O) groups excluding carboxylic acids is 1. The smallest absolute Gasteiger partial charge is 0.269 e. The minimum atomic E-state index is -1.32. The Morgan fingerprint density at radius 2 is 1.89 bits per heavy atom. The van der Waals surface area contributed by atoms with Gasteiger partial charge in [0.25, 0.3) is 17.2 Å². The van der Waals surface area contributed by atoms with E-state index in [1.165, 1.54) is 42.7 Å². The van der Waals surface area contributed by atoms with Crippen LogP contribution in [0.15, 0.2) is 64.0 Å². The van der Waals surface area contributed by atoms with Gasteiger partial charge in [-0.25, -0.2) is 4.68 Å². The third kappa shape index (κ3) is 3.61. The monoisotopic (exact) mass is 368 g/mol. The molecule has 0 radical (unpaired) electrons. The van der Waals surface area contributed by atoms with E-state index in [0.717, 1.165) is 4.68 Å². The highest BCUT2D eigenvalue weighted by molar-refractivity contribution is 5.96. The second kappa shape index (κ2) is 6.87. The Balaban J connectivity index is 1.89. The molecule has 2 heterocycles. The van der Waals surface area contributed by atoms with Crippen LogP contribution in [0.3, 0.4) is 0 Å². The summed E-state index contributed by atoms with van der Waals surface area (Å²) in [6.45, 7) is 3.10. The van der Waals surface area contributed by atoms with Crippen LogP contribution in [0.2, 0.25) is 0 Å². The van der Waals surface area contributed by atoms with Crippen molar-refractivity contribution >= 4 is 17.3 Å². The van der Waals surface area contributed by atoms with Crippen LogP contribution >= 0.6 is 0 Å². The number of rotatable bonds is 5. The van der Waals surface area contributed by atoms with Gasteiger partial charge in [0.15, 0.2) is 5.76 Å². The number of amides is 1. The maximum atomic E-state index is 12.7. The first kappa shape index (κ1) is 18.1. The lowest BCUT2D eigenvalue weighted by molar-refractivity contribution is -0.384. The molecule has 27 heavy (non-hydrogen) atoms. The predicted molar refractivity (Wildman–Crippen MR) is 97.2 cm³/mol. The van der Waals surface area contributed by atoms with Crippen LogP contribution in [0, 0.1) is 10.1 Å². The lowest BCUT2D eigenvalue weighted by atomic mass is 10.0. The van der Waals surface area contributed by atoms with Crippen LogP contribution in [-0.2, 0) is 10.3 Å². The second-order valence-electron chi connectivity index (χ2n) is 6.26. The normalized spacial score (nSPS) is 11.2. The molecule has 0 aliphatic rings. The van der Waals surface area contributed by atoms with E-state index in [2.05, 4.69) is 10.4 Å². The first-order valence-corrected chi connectivity index (χ1v) is 8.00. The van der Waals surface area contributed by atoms with Gasteiger partial charge in [0.2, 0.25) is 0 Å². The zero-order chi connectivity index (χ0) is 19.6. The first-order chi connectivity index (χ1) is 12.8. The molecule has 0 unspecified atom stereocenters. The summed E-state index contributed by atoms with van der Waals surface area (Å²) < 4.78 is 6.36. The van der Waals surface area contributed by atoms with Gasteiger partial charge in [-0.15, -0.1) is 0 Å². The standard InChI is InChI=1S/C18H16N4O5/c1-18(2,17(24)19-12-5-7-13(8-6-12)22(25)26)21-16(23)10-9-14(20-21)15-4-3-11-27-15/h3-11H,1-2H3,(H,19,24). The van der Waals surface area contributed by atoms with Crippen LogP contribution in [0.25, 0.3) is 11.5 Å². The van der Waals surface area contributed by atoms with Crippen molar-refractivity contribution in [1.29, 1.82) is 0 Å². The van der Waals surface area contributed by atoms with Gasteiger partial charge < -0.3 is 9.73 Å². The average Bonchev–Trinajstić information content (AvgIpc) is 3.17. The fourth-order valence-corrected chi connectivity index (χ4v) is 2.41. The van der Waals surface area contributed by atoms with Gasteiger partial charge >= 0.3 is 0 Å². The molecule has 3 rings (SSSR count). The van der Waals surface area contributed by atoms with Gasteiger partial charge in [-0.2, -0.15) is 5.10 Å². The fourth-order valence-electron chi connectivity index (χ4n) is 2.41. The van der Waals surface area contributed by atoms with Gasteiger partial charge in [0.1, 0.15) is 11.2 Å². The lowest BCUT2D eigenvalue weighted by Crippen LogP contribution is -2.47. The lowest BCUT2D eigenvalue weighted by Gasteiger charge is -2.25. The molecule has 0 aliphatic heterocycles. The molecule has 2 aromatic heterocycles. The molecular weight excluding hydrogens is 352 g/mol. The van der Waals surface area contributed by atoms with Crippen LogP contribution < -0.4 is 10.9 Å². The number of nitrogens with one attached hydrogen (secondary N) is 1. The molecule has 0 atom stereocenters. The van der Waals surface area contributed by atoms with Gasteiger partial charge in [0.05, 0.1) is 11.2 Å². The molecule has 0 saturated carbocycles. The van der Waals surface area contributed by atoms with E-state index in [0.29, 0.717) is 17.1 Å². The molecule has 1 N–H and O–H groups in total. The van der Waals surface area contributed by atoms with Crippen molar-refractivity contribution in [2.75, 3.05) is 5.32 Å². The van der Waals surface area contributed by atoms with Crippen molar-refractivity contribution in [1.82, 2.24) is 9.78 Å². The van der Waals surface area contributed by atoms with E-state index in [4.69, 9.17) is 4.42 Å². The number of hydrogen-bond acceptors (Lipinski definition) is 6. The molecule has 9 nitrogen and oxygen atoms in total. The van der Waals surface area contributed by atoms with E-state index in [1.54, 1.807) is 26.0 Å². The molecule has 0 aliphatic carbocycles. The summed E-state index contributed by atoms with van der Waals surface area (Å²) in [6, 6.07) is 11.6. The summed E-state index contributed by atoms with van der Waals surface area (Å²) in [5.41, 5.74) is -1.07. The zero-order valence-corrected chi connectivity index (χ0v) is 14.6. The van der Waals surface area contributed by atoms with E-state index in [9.17, 15) is 19.7 Å². The molecule has 0 saturated heterocycles. The predicted octanol–water partition coefficient (Wildman–Crippen LogP) is 2.79. The number of non-ortho nitro benzene ring substituents is 1. The van der Waals surface area contributed by atoms with Crippen molar-refractivity contribution in [3.8, 4) is 11.5 Å². The Labute approximate surface area is 153 Å². The number of aromatic nitrogens is 2. The highest BCUT2D eigenvalue weighted by atomic mass is 16.6. The zero-order valence-electron chi connectivity index (χ0n) is 14.6. The van der Waals surface area contributed by atoms with Crippen LogP contribution in [-0.4, -0.2) is 20.6 Å². The topological polar surface area (TPSA) is 120 Å². The van der Waals surface area contributed by atoms with Crippen molar-refractivity contribution < 1.29 is 14.1 Å². The minimum Gasteiger partial charge on any atom is -0.463 e. The number of anilines is 1. The maximum Gasteiger partial charge on any atom is 0.269 e. The van der Waals surface area contributed by atoms with E-state index >= 15 is 0 Å². The number of furan rings is 1. The van der Waals surface area contributed by atoms with Crippen LogP contribution in [0.1, 0.15) is 13.8 Å². The van der Waals surface area contributed by atoms with Gasteiger partial charge in [-0.05, 0) is 44.2 Å². The minimum absolute atomic E-state index is 0.0868. The summed E-state index contributed by atoms with van der Waals surface area (Å²) in [5, 5.41) is 17.6. The number of nitro groups is 1. The molecule has 3 aromatic rings. The molecule has 0 bridgehead atoms. The molecule has 0 fully saturated rings. The highest BCUT2D eigenvalue weighted by Gasteiger charge is 2.32. The Morgan fingerprint density at radius 3 is 2.48 bits per heavy atom. The SMILES string of the molecule is CC(C)(C(=O)Nc1ccc([N+](=O)[O-])cc1)n1nc(-c2ccco2)ccc1=O. The Bertz CT molecular complexity index is 1040. The Hall–Kier alpha value is -3.75. The summed E-state index contributed by atoms with van der Waals surface area (Å²) in [4.78, 5) is 35.2. The second-order valence-corrected chi connectivity index (χ2v) is 6.26. The Kier molecular flexibility index (Phi) is 4.59. The van der Waals surface area contributed by atoms with Crippen molar-refractivity contribution in [2.24, 2.45) is 0 Å². The number of carbonyl (C=O) groups is 1. The first-order valence-electron chi connectivity index (χ1n) is 8.00. The van der Waals surface area contributed by atoms with Crippen molar-refractivity contribution in [2.45, 2.75) is 19.4 Å². The van der Waals surface area contributed by atoms with Crippen LogP contribution in [0.5, 0.6) is 0 Å². The largest absolute Gasteiger partial charge is 0.463 e. The molecule has 0 spiro atoms. The molecule has 138 valence electrons. The Morgan fingerprint density at radius 1 is 1.19 bits per heavy atom. The highest BCUT2D eigenvalue weighted by Crippen LogP contribution is 2.21. The van der Waals surface area contributed by atoms with Gasteiger partial charge in [0, 0.05) is 23.9 Å². The summed E-state index contributed by atoms with van der Waals surface area (Å²) >= 11 is 0. The number of hydrogen-bond donors (Lipinski definition) is 1. The quantitative estimate of drug-likeness (QED) is 0.546. The summed E-state index contributed by atoms with van der Waals surface area (Å²) in [7, 11) is 0. The molecular formula is C18H16N4O5. The third-order valence-electron chi connectivity index (χ3n) is 4.00.